The molecule has 24 heavy (non-hydrogen) atoms. The highest BCUT2D eigenvalue weighted by Gasteiger charge is 2.49. The molecular weight excluding hydrogens is 330 g/mol. The predicted molar refractivity (Wildman–Crippen MR) is 86.4 cm³/mol. The van der Waals surface area contributed by atoms with Crippen LogP contribution in [0.25, 0.3) is 0 Å². The second-order valence-corrected chi connectivity index (χ2v) is 7.01. The Balaban J connectivity index is 1.50. The lowest BCUT2D eigenvalue weighted by Crippen LogP contribution is -2.33. The summed E-state index contributed by atoms with van der Waals surface area (Å²) in [5.41, 5.74) is 1.13. The third-order valence-corrected chi connectivity index (χ3v) is 5.05. The molecule has 7 heteroatoms. The van der Waals surface area contributed by atoms with Crippen molar-refractivity contribution in [2.24, 2.45) is 5.92 Å². The van der Waals surface area contributed by atoms with E-state index in [-0.39, 0.29) is 23.8 Å². The number of halogens is 1. The standard InChI is InChI=1S/C17H18ClN3O3/c1-9-19-16(24-20-9)15-6-12(22)8-21(15)17(23)14-7-13(14)10-2-4-11(18)5-3-10/h2-5,12-15,22H,6-8H2,1H3/t12-,13+,14-,15-/m1/s1. The summed E-state index contributed by atoms with van der Waals surface area (Å²) in [7, 11) is 0. The highest BCUT2D eigenvalue weighted by Crippen LogP contribution is 2.50. The number of aromatic nitrogens is 2. The number of rotatable bonds is 3. The van der Waals surface area contributed by atoms with E-state index in [1.807, 2.05) is 24.3 Å². The third-order valence-electron chi connectivity index (χ3n) is 4.80. The molecule has 1 aliphatic heterocycles. The first-order valence-corrected chi connectivity index (χ1v) is 8.45. The third kappa shape index (κ3) is 2.80. The van der Waals surface area contributed by atoms with Crippen LogP contribution in [0.4, 0.5) is 0 Å². The van der Waals surface area contributed by atoms with Gasteiger partial charge in [-0.25, -0.2) is 0 Å². The van der Waals surface area contributed by atoms with Crippen molar-refractivity contribution in [2.75, 3.05) is 6.54 Å². The average Bonchev–Trinajstić information content (AvgIpc) is 3.09. The zero-order valence-electron chi connectivity index (χ0n) is 13.2. The van der Waals surface area contributed by atoms with E-state index in [9.17, 15) is 9.90 Å². The lowest BCUT2D eigenvalue weighted by atomic mass is 10.1. The summed E-state index contributed by atoms with van der Waals surface area (Å²) in [6.45, 7) is 2.05. The fraction of sp³-hybridized carbons (Fsp3) is 0.471. The summed E-state index contributed by atoms with van der Waals surface area (Å²) in [5, 5.41) is 14.5. The number of aliphatic hydroxyl groups excluding tert-OH is 1. The number of hydrogen-bond acceptors (Lipinski definition) is 5. The smallest absolute Gasteiger partial charge is 0.249 e. The number of carbonyl (C=O) groups excluding carboxylic acids is 1. The van der Waals surface area contributed by atoms with E-state index in [1.165, 1.54) is 0 Å². The Morgan fingerprint density at radius 1 is 1.33 bits per heavy atom. The number of benzene rings is 1. The summed E-state index contributed by atoms with van der Waals surface area (Å²) >= 11 is 5.92. The van der Waals surface area contributed by atoms with Gasteiger partial charge in [0.05, 0.1) is 6.10 Å². The highest BCUT2D eigenvalue weighted by atomic mass is 35.5. The van der Waals surface area contributed by atoms with Crippen LogP contribution in [-0.4, -0.2) is 38.7 Å². The van der Waals surface area contributed by atoms with Crippen LogP contribution < -0.4 is 0 Å². The fourth-order valence-corrected chi connectivity index (χ4v) is 3.63. The molecule has 1 aromatic carbocycles. The molecule has 126 valence electrons. The van der Waals surface area contributed by atoms with Gasteiger partial charge in [0.2, 0.25) is 11.8 Å². The average molecular weight is 348 g/mol. The molecule has 0 spiro atoms. The molecule has 2 fully saturated rings. The largest absolute Gasteiger partial charge is 0.391 e. The van der Waals surface area contributed by atoms with Gasteiger partial charge < -0.3 is 14.5 Å². The Hall–Kier alpha value is -1.92. The van der Waals surface area contributed by atoms with Crippen molar-refractivity contribution in [3.05, 3.63) is 46.6 Å². The van der Waals surface area contributed by atoms with Gasteiger partial charge in [-0.15, -0.1) is 0 Å². The molecule has 2 heterocycles. The van der Waals surface area contributed by atoms with Crippen LogP contribution in [0.5, 0.6) is 0 Å². The lowest BCUT2D eigenvalue weighted by molar-refractivity contribution is -0.134. The van der Waals surface area contributed by atoms with Gasteiger partial charge >= 0.3 is 0 Å². The monoisotopic (exact) mass is 347 g/mol. The van der Waals surface area contributed by atoms with Crippen LogP contribution in [-0.2, 0) is 4.79 Å². The summed E-state index contributed by atoms with van der Waals surface area (Å²) in [4.78, 5) is 18.8. The maximum atomic E-state index is 12.9. The molecule has 1 aromatic heterocycles. The van der Waals surface area contributed by atoms with Gasteiger partial charge in [0, 0.05) is 23.9 Å². The molecule has 1 saturated carbocycles. The second-order valence-electron chi connectivity index (χ2n) is 6.58. The van der Waals surface area contributed by atoms with E-state index >= 15 is 0 Å². The van der Waals surface area contributed by atoms with Gasteiger partial charge in [0.1, 0.15) is 6.04 Å². The first-order chi connectivity index (χ1) is 11.5. The highest BCUT2D eigenvalue weighted by molar-refractivity contribution is 6.30. The number of amides is 1. The quantitative estimate of drug-likeness (QED) is 0.922. The molecule has 4 atom stereocenters. The van der Waals surface area contributed by atoms with Gasteiger partial charge in [-0.3, -0.25) is 4.79 Å². The Morgan fingerprint density at radius 3 is 2.75 bits per heavy atom. The Labute approximate surface area is 144 Å². The minimum Gasteiger partial charge on any atom is -0.391 e. The van der Waals surface area contributed by atoms with E-state index in [4.69, 9.17) is 16.1 Å². The van der Waals surface area contributed by atoms with Crippen molar-refractivity contribution in [1.82, 2.24) is 15.0 Å². The lowest BCUT2D eigenvalue weighted by Gasteiger charge is -2.21. The molecule has 1 saturated heterocycles. The predicted octanol–water partition coefficient (Wildman–Crippen LogP) is 2.47. The molecule has 1 aliphatic carbocycles. The molecule has 0 unspecified atom stereocenters. The van der Waals surface area contributed by atoms with Crippen molar-refractivity contribution in [1.29, 1.82) is 0 Å². The van der Waals surface area contributed by atoms with Crippen LogP contribution in [0.3, 0.4) is 0 Å². The molecular formula is C17H18ClN3O3. The molecule has 2 aliphatic rings. The van der Waals surface area contributed by atoms with Gasteiger partial charge in [-0.2, -0.15) is 4.98 Å². The van der Waals surface area contributed by atoms with Crippen molar-refractivity contribution < 1.29 is 14.4 Å². The number of carbonyl (C=O) groups is 1. The SMILES string of the molecule is Cc1noc([C@H]2C[C@@H](O)CN2C(=O)[C@@H]2C[C@H]2c2ccc(Cl)cc2)n1. The van der Waals surface area contributed by atoms with Gasteiger partial charge in [-0.1, -0.05) is 28.9 Å². The summed E-state index contributed by atoms with van der Waals surface area (Å²) in [5.74, 6) is 1.15. The molecule has 1 N–H and O–H groups in total. The number of likely N-dealkylation sites (tertiary alicyclic amines) is 1. The number of aliphatic hydroxyl groups is 1. The zero-order chi connectivity index (χ0) is 16.8. The van der Waals surface area contributed by atoms with E-state index < -0.39 is 6.10 Å². The number of aryl methyl sites for hydroxylation is 1. The number of β-amino-alcohol motifs (C(OH)–C–C–N with tert-alkyl or cyclic N) is 1. The first kappa shape index (κ1) is 15.6. The topological polar surface area (TPSA) is 79.5 Å². The normalized spacial score (nSPS) is 29.0. The fourth-order valence-electron chi connectivity index (χ4n) is 3.50. The van der Waals surface area contributed by atoms with Crippen molar-refractivity contribution >= 4 is 17.5 Å². The van der Waals surface area contributed by atoms with E-state index in [0.29, 0.717) is 29.7 Å². The van der Waals surface area contributed by atoms with Crippen molar-refractivity contribution in [3.63, 3.8) is 0 Å². The van der Waals surface area contributed by atoms with Crippen LogP contribution in [0, 0.1) is 12.8 Å². The Morgan fingerprint density at radius 2 is 2.08 bits per heavy atom. The Bertz CT molecular complexity index is 761. The Kier molecular flexibility index (Phi) is 3.81. The molecule has 6 nitrogen and oxygen atoms in total. The van der Waals surface area contributed by atoms with E-state index in [2.05, 4.69) is 10.1 Å². The molecule has 0 radical (unpaired) electrons. The minimum atomic E-state index is -0.557. The van der Waals surface area contributed by atoms with Crippen LogP contribution in [0.2, 0.25) is 5.02 Å². The maximum Gasteiger partial charge on any atom is 0.249 e. The van der Waals surface area contributed by atoms with Crippen LogP contribution in [0.1, 0.15) is 42.1 Å². The van der Waals surface area contributed by atoms with Crippen LogP contribution in [0.15, 0.2) is 28.8 Å². The van der Waals surface area contributed by atoms with E-state index in [1.54, 1.807) is 11.8 Å². The first-order valence-electron chi connectivity index (χ1n) is 8.07. The van der Waals surface area contributed by atoms with Crippen molar-refractivity contribution in [3.8, 4) is 0 Å². The van der Waals surface area contributed by atoms with Gasteiger partial charge in [0.15, 0.2) is 5.82 Å². The zero-order valence-corrected chi connectivity index (χ0v) is 14.0. The van der Waals surface area contributed by atoms with Crippen molar-refractivity contribution in [2.45, 2.75) is 37.8 Å². The summed E-state index contributed by atoms with van der Waals surface area (Å²) < 4.78 is 5.22. The van der Waals surface area contributed by atoms with E-state index in [0.717, 1.165) is 12.0 Å². The number of hydrogen-bond donors (Lipinski definition) is 1. The summed E-state index contributed by atoms with van der Waals surface area (Å²) in [6, 6.07) is 7.30. The van der Waals surface area contributed by atoms with Gasteiger partial charge in [-0.05, 0) is 37.0 Å². The van der Waals surface area contributed by atoms with Crippen LogP contribution >= 0.6 is 11.6 Å². The molecule has 0 bridgehead atoms. The molecule has 4 rings (SSSR count). The molecule has 1 amide bonds. The minimum absolute atomic E-state index is 0.0485. The second kappa shape index (κ2) is 5.86. The van der Waals surface area contributed by atoms with Gasteiger partial charge in [0.25, 0.3) is 0 Å². The maximum absolute atomic E-state index is 12.9. The molecule has 2 aromatic rings. The number of nitrogens with zero attached hydrogens (tertiary/aromatic N) is 3. The summed E-state index contributed by atoms with van der Waals surface area (Å²) in [6.07, 6.45) is 0.702.